The summed E-state index contributed by atoms with van der Waals surface area (Å²) in [6.07, 6.45) is 0.716. The van der Waals surface area contributed by atoms with E-state index in [1.807, 2.05) is 42.3 Å². The van der Waals surface area contributed by atoms with Crippen LogP contribution in [0.3, 0.4) is 0 Å². The van der Waals surface area contributed by atoms with E-state index in [-0.39, 0.29) is 29.7 Å². The van der Waals surface area contributed by atoms with Crippen LogP contribution in [0.2, 0.25) is 0 Å². The van der Waals surface area contributed by atoms with Crippen molar-refractivity contribution in [2.45, 2.75) is 6.42 Å². The lowest BCUT2D eigenvalue weighted by Gasteiger charge is -2.23. The summed E-state index contributed by atoms with van der Waals surface area (Å²) in [7, 11) is 0.602. The second-order valence-electron chi connectivity index (χ2n) is 5.63. The molecule has 1 aliphatic heterocycles. The van der Waals surface area contributed by atoms with Crippen molar-refractivity contribution in [2.75, 3.05) is 52.6 Å². The van der Waals surface area contributed by atoms with Gasteiger partial charge in [-0.15, -0.1) is 24.0 Å². The number of aliphatic imine (C=N–C) groups is 1. The molecule has 2 rings (SSSR count). The van der Waals surface area contributed by atoms with Crippen LogP contribution in [0.15, 0.2) is 35.3 Å². The molecule has 0 atom stereocenters. The van der Waals surface area contributed by atoms with Gasteiger partial charge in [-0.25, -0.2) is 12.7 Å². The van der Waals surface area contributed by atoms with Gasteiger partial charge in [0, 0.05) is 33.7 Å². The van der Waals surface area contributed by atoms with Crippen molar-refractivity contribution in [1.82, 2.24) is 14.5 Å². The van der Waals surface area contributed by atoms with E-state index in [1.54, 1.807) is 7.05 Å². The first-order valence-electron chi connectivity index (χ1n) is 8.10. The zero-order valence-electron chi connectivity index (χ0n) is 14.7. The van der Waals surface area contributed by atoms with E-state index in [1.165, 1.54) is 4.31 Å². The highest BCUT2D eigenvalue weighted by Crippen LogP contribution is 2.11. The topological polar surface area (TPSA) is 74.2 Å². The molecule has 1 fully saturated rings. The number of likely N-dealkylation sites (N-methyl/N-ethyl adjacent to an activating group) is 1. The molecule has 0 bridgehead atoms. The van der Waals surface area contributed by atoms with Gasteiger partial charge in [0.2, 0.25) is 10.0 Å². The van der Waals surface area contributed by atoms with Crippen LogP contribution in [0.25, 0.3) is 0 Å². The van der Waals surface area contributed by atoms with Crippen molar-refractivity contribution < 1.29 is 13.2 Å². The molecule has 1 N–H and O–H groups in total. The zero-order valence-corrected chi connectivity index (χ0v) is 17.9. The average Bonchev–Trinajstić information content (AvgIpc) is 2.91. The standard InChI is InChI=1S/C16H26N4O3S.HI/c1-17-16(18-9-11-20-10-6-14-24(20,21)22)19(2)12-13-23-15-7-4-3-5-8-15;/h3-5,7-8H,6,9-14H2,1-2H3,(H,17,18);1H. The molecule has 1 saturated heterocycles. The third kappa shape index (κ3) is 6.98. The number of para-hydroxylation sites is 1. The van der Waals surface area contributed by atoms with E-state index >= 15 is 0 Å². The third-order valence-corrected chi connectivity index (χ3v) is 5.82. The molecular weight excluding hydrogens is 455 g/mol. The Kier molecular flexibility index (Phi) is 9.51. The first kappa shape index (κ1) is 22.0. The molecule has 0 spiro atoms. The molecule has 25 heavy (non-hydrogen) atoms. The molecule has 1 aliphatic rings. The summed E-state index contributed by atoms with van der Waals surface area (Å²) in [5.74, 6) is 1.83. The molecule has 142 valence electrons. The molecule has 0 amide bonds. The Balaban J connectivity index is 0.00000312. The van der Waals surface area contributed by atoms with Crippen molar-refractivity contribution in [3.8, 4) is 5.75 Å². The summed E-state index contributed by atoms with van der Waals surface area (Å²) in [5, 5.41) is 3.20. The van der Waals surface area contributed by atoms with E-state index < -0.39 is 10.0 Å². The summed E-state index contributed by atoms with van der Waals surface area (Å²) >= 11 is 0. The van der Waals surface area contributed by atoms with Crippen LogP contribution in [0.1, 0.15) is 6.42 Å². The Morgan fingerprint density at radius 1 is 1.36 bits per heavy atom. The van der Waals surface area contributed by atoms with Crippen LogP contribution in [-0.2, 0) is 10.0 Å². The molecule has 0 aromatic heterocycles. The van der Waals surface area contributed by atoms with Gasteiger partial charge in [0.05, 0.1) is 12.3 Å². The number of ether oxygens (including phenoxy) is 1. The van der Waals surface area contributed by atoms with Crippen LogP contribution in [0.5, 0.6) is 5.75 Å². The van der Waals surface area contributed by atoms with Gasteiger partial charge in [0.15, 0.2) is 5.96 Å². The number of benzene rings is 1. The lowest BCUT2D eigenvalue weighted by Crippen LogP contribution is -2.44. The summed E-state index contributed by atoms with van der Waals surface area (Å²) in [5.41, 5.74) is 0. The summed E-state index contributed by atoms with van der Waals surface area (Å²) < 4.78 is 30.7. The van der Waals surface area contributed by atoms with Gasteiger partial charge in [0.25, 0.3) is 0 Å². The van der Waals surface area contributed by atoms with E-state index in [4.69, 9.17) is 4.74 Å². The minimum absolute atomic E-state index is 0. The van der Waals surface area contributed by atoms with E-state index in [0.29, 0.717) is 39.2 Å². The number of nitrogens with one attached hydrogen (secondary N) is 1. The second kappa shape index (κ2) is 10.8. The summed E-state index contributed by atoms with van der Waals surface area (Å²) in [6, 6.07) is 9.66. The van der Waals surface area contributed by atoms with E-state index in [2.05, 4.69) is 10.3 Å². The van der Waals surface area contributed by atoms with Crippen LogP contribution in [-0.4, -0.2) is 76.2 Å². The predicted molar refractivity (Wildman–Crippen MR) is 111 cm³/mol. The third-order valence-electron chi connectivity index (χ3n) is 3.86. The maximum atomic E-state index is 11.8. The SMILES string of the molecule is CN=C(NCCN1CCCS1(=O)=O)N(C)CCOc1ccccc1.I. The van der Waals surface area contributed by atoms with Gasteiger partial charge in [-0.1, -0.05) is 18.2 Å². The molecule has 1 aromatic carbocycles. The first-order chi connectivity index (χ1) is 11.5. The normalized spacial score (nSPS) is 17.0. The smallest absolute Gasteiger partial charge is 0.214 e. The van der Waals surface area contributed by atoms with Crippen LogP contribution >= 0.6 is 24.0 Å². The first-order valence-corrected chi connectivity index (χ1v) is 9.71. The number of halogens is 1. The molecule has 1 aromatic rings. The van der Waals surface area contributed by atoms with Gasteiger partial charge >= 0.3 is 0 Å². The van der Waals surface area contributed by atoms with Gasteiger partial charge in [0.1, 0.15) is 12.4 Å². The highest BCUT2D eigenvalue weighted by Gasteiger charge is 2.27. The number of guanidine groups is 1. The highest BCUT2D eigenvalue weighted by atomic mass is 127. The largest absolute Gasteiger partial charge is 0.492 e. The van der Waals surface area contributed by atoms with Gasteiger partial charge in [-0.3, -0.25) is 4.99 Å². The molecule has 9 heteroatoms. The van der Waals surface area contributed by atoms with Gasteiger partial charge < -0.3 is 15.0 Å². The Labute approximate surface area is 167 Å². The van der Waals surface area contributed by atoms with E-state index in [9.17, 15) is 8.42 Å². The Morgan fingerprint density at radius 2 is 2.08 bits per heavy atom. The van der Waals surface area contributed by atoms with Crippen molar-refractivity contribution in [1.29, 1.82) is 0 Å². The number of sulfonamides is 1. The van der Waals surface area contributed by atoms with Crippen molar-refractivity contribution >= 4 is 40.0 Å². The fourth-order valence-electron chi connectivity index (χ4n) is 2.54. The molecule has 0 unspecified atom stereocenters. The summed E-state index contributed by atoms with van der Waals surface area (Å²) in [4.78, 5) is 6.18. The van der Waals surface area contributed by atoms with Crippen LogP contribution in [0.4, 0.5) is 0 Å². The van der Waals surface area contributed by atoms with Crippen molar-refractivity contribution in [2.24, 2.45) is 4.99 Å². The Bertz CT molecular complexity index is 640. The highest BCUT2D eigenvalue weighted by molar-refractivity contribution is 14.0. The molecular formula is C16H27IN4O3S. The fourth-order valence-corrected chi connectivity index (χ4v) is 4.07. The Hall–Kier alpha value is -1.07. The maximum Gasteiger partial charge on any atom is 0.214 e. The van der Waals surface area contributed by atoms with E-state index in [0.717, 1.165) is 11.7 Å². The maximum absolute atomic E-state index is 11.8. The van der Waals surface area contributed by atoms with Crippen molar-refractivity contribution in [3.05, 3.63) is 30.3 Å². The minimum Gasteiger partial charge on any atom is -0.492 e. The predicted octanol–water partition coefficient (Wildman–Crippen LogP) is 1.23. The quantitative estimate of drug-likeness (QED) is 0.360. The molecule has 0 radical (unpaired) electrons. The minimum atomic E-state index is -3.04. The van der Waals surface area contributed by atoms with Gasteiger partial charge in [-0.05, 0) is 18.6 Å². The average molecular weight is 482 g/mol. The van der Waals surface area contributed by atoms with Crippen LogP contribution < -0.4 is 10.1 Å². The van der Waals surface area contributed by atoms with Crippen LogP contribution in [0, 0.1) is 0 Å². The molecule has 7 nitrogen and oxygen atoms in total. The zero-order chi connectivity index (χ0) is 17.4. The Morgan fingerprint density at radius 3 is 2.68 bits per heavy atom. The van der Waals surface area contributed by atoms with Crippen molar-refractivity contribution in [3.63, 3.8) is 0 Å². The number of hydrogen-bond donors (Lipinski definition) is 1. The molecule has 1 heterocycles. The summed E-state index contributed by atoms with van der Waals surface area (Å²) in [6.45, 7) is 2.84. The van der Waals surface area contributed by atoms with Gasteiger partial charge in [-0.2, -0.15) is 0 Å². The number of rotatable bonds is 7. The lowest BCUT2D eigenvalue weighted by atomic mass is 10.3. The molecule has 0 saturated carbocycles. The lowest BCUT2D eigenvalue weighted by molar-refractivity contribution is 0.281. The number of nitrogens with zero attached hydrogens (tertiary/aromatic N) is 3. The molecule has 0 aliphatic carbocycles. The monoisotopic (exact) mass is 482 g/mol. The second-order valence-corrected chi connectivity index (χ2v) is 7.71. The fraction of sp³-hybridized carbons (Fsp3) is 0.562. The number of hydrogen-bond acceptors (Lipinski definition) is 4.